The fourth-order valence-electron chi connectivity index (χ4n) is 23.5. The van der Waals surface area contributed by atoms with E-state index in [1.54, 1.807) is 0 Å². The second kappa shape index (κ2) is 32.8. The van der Waals surface area contributed by atoms with E-state index in [-0.39, 0.29) is 11.8 Å². The predicted octanol–water partition coefficient (Wildman–Crippen LogP) is 39.4. The SMILES string of the molecule is CC(C)c1cc2ccccc2c2c1oc1c(N(c3ccccc3)c3ccc4ccc5c(N(c6ccccc6)c6cccc7c6oc6c(C(C)C)cc8ccccc8c67)ccc6ccc3c4c65)cccc12.CCCc1cc2ccccc2c2c1oc1c(N(c3ccccc3)c3ccc4ccc5c(N(c6ccccc6)c6cccc7c6oc6c(CCC)cc8ccccc8c67)ccc6ccc3c4c65)cccc12. The lowest BCUT2D eigenvalue weighted by molar-refractivity contribution is 0.657. The average Bonchev–Trinajstić information content (AvgIpc) is 1.32. The molecule has 0 atom stereocenters. The Morgan fingerprint density at radius 1 is 0.179 bits per heavy atom. The number of furan rings is 4. The number of para-hydroxylation sites is 8. The lowest BCUT2D eigenvalue weighted by Gasteiger charge is -2.29. The first-order chi connectivity index (χ1) is 69.1. The summed E-state index contributed by atoms with van der Waals surface area (Å²) in [7, 11) is 0. The van der Waals surface area contributed by atoms with Crippen LogP contribution < -0.4 is 19.6 Å². The Hall–Kier alpha value is -17.2. The number of hydrogen-bond donors (Lipinski definition) is 0. The van der Waals surface area contributed by atoms with Crippen molar-refractivity contribution in [3.63, 3.8) is 0 Å². The van der Waals surface area contributed by atoms with Crippen LogP contribution in [0.5, 0.6) is 0 Å². The van der Waals surface area contributed by atoms with Gasteiger partial charge in [0.2, 0.25) is 0 Å². The molecule has 140 heavy (non-hydrogen) atoms. The van der Waals surface area contributed by atoms with Crippen LogP contribution in [-0.4, -0.2) is 0 Å². The zero-order valence-corrected chi connectivity index (χ0v) is 78.7. The maximum Gasteiger partial charge on any atom is 0.159 e. The summed E-state index contributed by atoms with van der Waals surface area (Å²) in [6, 6.07) is 151. The summed E-state index contributed by atoms with van der Waals surface area (Å²) in [5, 5.41) is 33.3. The van der Waals surface area contributed by atoms with Crippen LogP contribution in [-0.2, 0) is 12.8 Å². The Morgan fingerprint density at radius 3 is 0.671 bits per heavy atom. The van der Waals surface area contributed by atoms with Crippen LogP contribution in [0, 0.1) is 0 Å². The van der Waals surface area contributed by atoms with Crippen molar-refractivity contribution in [1.82, 2.24) is 0 Å². The normalized spacial score (nSPS) is 12.2. The summed E-state index contributed by atoms with van der Waals surface area (Å²) in [5.74, 6) is 0.567. The number of anilines is 12. The molecule has 0 aliphatic heterocycles. The molecule has 4 heterocycles. The fourth-order valence-corrected chi connectivity index (χ4v) is 23.5. The second-order valence-corrected chi connectivity index (χ2v) is 38.4. The third-order valence-corrected chi connectivity index (χ3v) is 29.6. The fraction of sp³-hybridized carbons (Fsp3) is 0.0909. The first-order valence-electron chi connectivity index (χ1n) is 49.3. The Morgan fingerprint density at radius 2 is 0.407 bits per heavy atom. The van der Waals surface area contributed by atoms with Gasteiger partial charge in [-0.2, -0.15) is 0 Å². The second-order valence-electron chi connectivity index (χ2n) is 38.4. The molecule has 0 aliphatic rings. The van der Waals surface area contributed by atoms with Crippen molar-refractivity contribution < 1.29 is 17.7 Å². The molecule has 28 rings (SSSR count). The molecule has 0 saturated carbocycles. The van der Waals surface area contributed by atoms with Gasteiger partial charge in [0.1, 0.15) is 22.3 Å². The molecule has 0 spiro atoms. The molecule has 8 heteroatoms. The van der Waals surface area contributed by atoms with Crippen LogP contribution in [0.3, 0.4) is 0 Å². The molecule has 668 valence electrons. The highest BCUT2D eigenvalue weighted by Crippen LogP contribution is 2.57. The van der Waals surface area contributed by atoms with Gasteiger partial charge in [-0.15, -0.1) is 0 Å². The van der Waals surface area contributed by atoms with E-state index in [0.29, 0.717) is 0 Å². The highest BCUT2D eigenvalue weighted by Gasteiger charge is 2.33. The number of aryl methyl sites for hydroxylation is 2. The van der Waals surface area contributed by atoms with Crippen LogP contribution in [0.15, 0.2) is 430 Å². The van der Waals surface area contributed by atoms with Crippen molar-refractivity contribution in [2.24, 2.45) is 0 Å². The number of benzene rings is 24. The zero-order chi connectivity index (χ0) is 93.2. The van der Waals surface area contributed by atoms with Crippen molar-refractivity contribution in [1.29, 1.82) is 0 Å². The van der Waals surface area contributed by atoms with E-state index >= 15 is 0 Å². The van der Waals surface area contributed by atoms with E-state index in [1.165, 1.54) is 141 Å². The van der Waals surface area contributed by atoms with Gasteiger partial charge in [0.25, 0.3) is 0 Å². The van der Waals surface area contributed by atoms with Gasteiger partial charge < -0.3 is 37.3 Å². The minimum Gasteiger partial charge on any atom is -0.454 e. The molecule has 0 fully saturated rings. The monoisotopic (exact) mass is 1800 g/mol. The molecule has 0 saturated heterocycles. The van der Waals surface area contributed by atoms with E-state index < -0.39 is 0 Å². The van der Waals surface area contributed by atoms with Crippen molar-refractivity contribution in [2.75, 3.05) is 19.6 Å². The molecule has 4 aromatic heterocycles. The minimum absolute atomic E-state index is 0.284. The van der Waals surface area contributed by atoms with Crippen LogP contribution in [0.1, 0.15) is 88.5 Å². The molecule has 0 radical (unpaired) electrons. The van der Waals surface area contributed by atoms with Crippen LogP contribution >= 0.6 is 0 Å². The summed E-state index contributed by atoms with van der Waals surface area (Å²) in [6.45, 7) is 13.5. The smallest absolute Gasteiger partial charge is 0.159 e. The largest absolute Gasteiger partial charge is 0.454 e. The lowest BCUT2D eigenvalue weighted by atomic mass is 9.91. The van der Waals surface area contributed by atoms with Crippen LogP contribution in [0.4, 0.5) is 68.2 Å². The first-order valence-corrected chi connectivity index (χ1v) is 49.3. The van der Waals surface area contributed by atoms with Gasteiger partial charge in [-0.3, -0.25) is 0 Å². The van der Waals surface area contributed by atoms with Crippen molar-refractivity contribution >= 4 is 264 Å². The van der Waals surface area contributed by atoms with Gasteiger partial charge in [-0.1, -0.05) is 346 Å². The number of nitrogens with zero attached hydrogens (tertiary/aromatic N) is 4. The van der Waals surface area contributed by atoms with Gasteiger partial charge in [0.05, 0.1) is 45.5 Å². The molecule has 0 amide bonds. The number of rotatable bonds is 18. The molecule has 8 nitrogen and oxygen atoms in total. The quantitative estimate of drug-likeness (QED) is 0.0788. The van der Waals surface area contributed by atoms with Gasteiger partial charge in [-0.05, 0) is 254 Å². The van der Waals surface area contributed by atoms with Crippen molar-refractivity contribution in [3.05, 3.63) is 435 Å². The molecule has 0 bridgehead atoms. The van der Waals surface area contributed by atoms with Crippen LogP contribution in [0.2, 0.25) is 0 Å². The number of hydrogen-bond acceptors (Lipinski definition) is 8. The van der Waals surface area contributed by atoms with E-state index in [9.17, 15) is 0 Å². The molecular weight excluding hydrogens is 1710 g/mol. The summed E-state index contributed by atoms with van der Waals surface area (Å²) >= 11 is 0. The molecule has 0 aliphatic carbocycles. The highest BCUT2D eigenvalue weighted by atomic mass is 16.3. The number of fused-ring (bicyclic) bond motifs is 20. The average molecular weight is 1800 g/mol. The predicted molar refractivity (Wildman–Crippen MR) is 594 cm³/mol. The maximum atomic E-state index is 7.19. The molecule has 28 aromatic rings. The van der Waals surface area contributed by atoms with E-state index in [2.05, 4.69) is 474 Å². The topological polar surface area (TPSA) is 65.5 Å². The summed E-state index contributed by atoms with van der Waals surface area (Å²) in [4.78, 5) is 9.63. The molecule has 0 unspecified atom stereocenters. The Kier molecular flexibility index (Phi) is 19.3. The Bertz CT molecular complexity index is 9270. The van der Waals surface area contributed by atoms with Gasteiger partial charge in [-0.25, -0.2) is 0 Å². The summed E-state index contributed by atoms with van der Waals surface area (Å²) < 4.78 is 28.8. The molecule has 24 aromatic carbocycles. The zero-order valence-electron chi connectivity index (χ0n) is 78.7. The van der Waals surface area contributed by atoms with E-state index in [1.807, 2.05) is 0 Å². The van der Waals surface area contributed by atoms with Crippen molar-refractivity contribution in [3.8, 4) is 0 Å². The minimum atomic E-state index is 0.284. The van der Waals surface area contributed by atoms with E-state index in [0.717, 1.165) is 171 Å². The van der Waals surface area contributed by atoms with Gasteiger partial charge in [0, 0.05) is 87.4 Å². The lowest BCUT2D eigenvalue weighted by Crippen LogP contribution is -2.11. The maximum absolute atomic E-state index is 7.19. The Labute approximate surface area is 809 Å². The van der Waals surface area contributed by atoms with Crippen molar-refractivity contribution in [2.45, 2.75) is 79.1 Å². The standard InChI is InChI=1S/2C66H48N2O2/c1-39(2)53-37-43-17-11-13-23-47(43)61-51-25-15-27-57(63(51)69-65(53)61)67(45-19-7-5-8-20-45)55-35-31-41-30-34-50-56(36-32-42-29-33-49(55)59(41)60(42)50)68(46-21-9-6-10-22-46)58-28-16-26-52-62-48-24-14-12-18-44(48)38-54(40(3)4)66(62)70-64(52)58;1-3-17-45-39-43-19-11-13-25-49(43)61-53-27-15-29-57(65(53)69-63(45)61)67(47-21-7-5-8-22-47)55-37-33-41-32-36-52-56(38-34-42-31-35-51(55)59(41)60(42)52)68(48-23-9-6-10-24-48)58-30-16-28-54-62-50-26-14-12-20-44(50)40-46(18-4-2)64(62)70-66(54)58/h5-40H,1-4H3;5-16,19-40H,3-4,17-18H2,1-2H3. The Balaban J connectivity index is 0.000000141. The molecule has 0 N–H and O–H groups in total. The van der Waals surface area contributed by atoms with E-state index in [4.69, 9.17) is 17.7 Å². The van der Waals surface area contributed by atoms with Crippen LogP contribution in [0.25, 0.3) is 195 Å². The molecular formula is C132H96N4O4. The third-order valence-electron chi connectivity index (χ3n) is 29.6. The van der Waals surface area contributed by atoms with Gasteiger partial charge in [0.15, 0.2) is 22.3 Å². The summed E-state index contributed by atoms with van der Waals surface area (Å²) in [6.07, 6.45) is 3.96. The third kappa shape index (κ3) is 12.7. The summed E-state index contributed by atoms with van der Waals surface area (Å²) in [5.41, 5.74) is 24.9. The van der Waals surface area contributed by atoms with Gasteiger partial charge >= 0.3 is 0 Å². The highest BCUT2D eigenvalue weighted by molar-refractivity contribution is 6.33. The first kappa shape index (κ1) is 82.3.